The molecule has 0 aromatic heterocycles. The molecule has 1 saturated heterocycles. The molecule has 0 unspecified atom stereocenters. The normalized spacial score (nSPS) is 37.7. The summed E-state index contributed by atoms with van der Waals surface area (Å²) in [6.07, 6.45) is -1.75. The van der Waals surface area contributed by atoms with Crippen LogP contribution in [0.2, 0.25) is 0 Å². The number of piperidine rings is 1. The third-order valence-corrected chi connectivity index (χ3v) is 2.42. The third-order valence-electron chi connectivity index (χ3n) is 2.42. The summed E-state index contributed by atoms with van der Waals surface area (Å²) in [6, 6.07) is -0.231. The van der Waals surface area contributed by atoms with Crippen LogP contribution >= 0.6 is 12.4 Å². The Morgan fingerprint density at radius 3 is 2.36 bits per heavy atom. The summed E-state index contributed by atoms with van der Waals surface area (Å²) < 4.78 is 0. The summed E-state index contributed by atoms with van der Waals surface area (Å²) in [4.78, 5) is 0. The first-order valence-electron chi connectivity index (χ1n) is 4.55. The Hall–Kier alpha value is 0.0900. The van der Waals surface area contributed by atoms with Gasteiger partial charge in [-0.15, -0.1) is 12.4 Å². The van der Waals surface area contributed by atoms with Crippen LogP contribution in [0.4, 0.5) is 0 Å². The lowest BCUT2D eigenvalue weighted by molar-refractivity contribution is -0.0955. The highest BCUT2D eigenvalue weighted by Crippen LogP contribution is 2.14. The van der Waals surface area contributed by atoms with Gasteiger partial charge in [0.25, 0.3) is 0 Å². The van der Waals surface area contributed by atoms with Crippen molar-refractivity contribution >= 4 is 12.4 Å². The zero-order valence-corrected chi connectivity index (χ0v) is 8.65. The molecule has 0 aromatic carbocycles. The number of hydrogen-bond acceptors (Lipinski definition) is 5. The Labute approximate surface area is 89.2 Å². The maximum Gasteiger partial charge on any atom is 0.108 e. The summed E-state index contributed by atoms with van der Waals surface area (Å²) in [5.74, 6) is 0. The van der Waals surface area contributed by atoms with E-state index in [0.29, 0.717) is 12.8 Å². The molecule has 5 nitrogen and oxygen atoms in total. The number of hydrogen-bond donors (Lipinski definition) is 5. The number of β-amino-alcohol motifs (C(OH)–C–C–N with tert-alkyl or cyclic N) is 1. The zero-order chi connectivity index (χ0) is 9.84. The van der Waals surface area contributed by atoms with Crippen LogP contribution in [0.25, 0.3) is 0 Å². The minimum Gasteiger partial charge on any atom is -0.396 e. The van der Waals surface area contributed by atoms with E-state index in [2.05, 4.69) is 5.32 Å². The molecule has 0 aromatic rings. The van der Waals surface area contributed by atoms with Crippen LogP contribution in [0, 0.1) is 0 Å². The van der Waals surface area contributed by atoms with Crippen molar-refractivity contribution in [3.05, 3.63) is 0 Å². The largest absolute Gasteiger partial charge is 0.396 e. The van der Waals surface area contributed by atoms with E-state index in [1.54, 1.807) is 0 Å². The van der Waals surface area contributed by atoms with Crippen LogP contribution in [0.15, 0.2) is 0 Å². The van der Waals surface area contributed by atoms with Gasteiger partial charge in [-0.05, 0) is 12.8 Å². The highest BCUT2D eigenvalue weighted by Gasteiger charge is 2.35. The van der Waals surface area contributed by atoms with E-state index in [0.717, 1.165) is 0 Å². The van der Waals surface area contributed by atoms with E-state index >= 15 is 0 Å². The average molecular weight is 228 g/mol. The van der Waals surface area contributed by atoms with Crippen LogP contribution in [-0.2, 0) is 0 Å². The van der Waals surface area contributed by atoms with Gasteiger partial charge in [-0.1, -0.05) is 0 Å². The quantitative estimate of drug-likeness (QED) is 0.394. The summed E-state index contributed by atoms with van der Waals surface area (Å²) in [7, 11) is 0. The van der Waals surface area contributed by atoms with Crippen molar-refractivity contribution in [2.24, 2.45) is 0 Å². The van der Waals surface area contributed by atoms with E-state index in [4.69, 9.17) is 10.2 Å². The standard InChI is InChI=1S/C8H17NO4.ClH/c10-3-1-2-5-7(12)8(13)6(11)4-9-5;/h5-13H,1-4H2;1H/t5-,6+,7-,8-;/m0./s1. The summed E-state index contributed by atoms with van der Waals surface area (Å²) >= 11 is 0. The van der Waals surface area contributed by atoms with Gasteiger partial charge in [0.05, 0.1) is 12.2 Å². The van der Waals surface area contributed by atoms with Crippen molar-refractivity contribution in [1.82, 2.24) is 5.32 Å². The minimum absolute atomic E-state index is 0. The lowest BCUT2D eigenvalue weighted by Gasteiger charge is -2.36. The Morgan fingerprint density at radius 1 is 1.14 bits per heavy atom. The number of rotatable bonds is 3. The van der Waals surface area contributed by atoms with Gasteiger partial charge in [-0.2, -0.15) is 0 Å². The molecule has 1 rings (SSSR count). The fraction of sp³-hybridized carbons (Fsp3) is 1.00. The molecule has 86 valence electrons. The number of halogens is 1. The molecule has 5 N–H and O–H groups in total. The molecule has 1 heterocycles. The maximum atomic E-state index is 9.48. The second-order valence-corrected chi connectivity index (χ2v) is 3.43. The first-order valence-corrected chi connectivity index (χ1v) is 4.55. The summed E-state index contributed by atoms with van der Waals surface area (Å²) in [6.45, 7) is 0.359. The first kappa shape index (κ1) is 14.1. The van der Waals surface area contributed by atoms with Crippen molar-refractivity contribution in [1.29, 1.82) is 0 Å². The fourth-order valence-electron chi connectivity index (χ4n) is 1.56. The van der Waals surface area contributed by atoms with Crippen molar-refractivity contribution in [3.8, 4) is 0 Å². The SMILES string of the molecule is Cl.OCCC[C@@H]1NC[C@@H](O)[C@H](O)[C@H]1O. The molecule has 0 saturated carbocycles. The summed E-state index contributed by atoms with van der Waals surface area (Å²) in [5, 5.41) is 39.5. The van der Waals surface area contributed by atoms with Crippen LogP contribution < -0.4 is 5.32 Å². The Bertz CT molecular complexity index is 158. The Kier molecular flexibility index (Phi) is 6.59. The molecule has 0 radical (unpaired) electrons. The predicted molar refractivity (Wildman–Crippen MR) is 53.4 cm³/mol. The van der Waals surface area contributed by atoms with Gasteiger partial charge < -0.3 is 25.7 Å². The molecule has 1 aliphatic heterocycles. The predicted octanol–water partition coefficient (Wildman–Crippen LogP) is -1.76. The van der Waals surface area contributed by atoms with Gasteiger partial charge in [-0.25, -0.2) is 0 Å². The second-order valence-electron chi connectivity index (χ2n) is 3.43. The molecule has 0 aliphatic carbocycles. The monoisotopic (exact) mass is 227 g/mol. The molecule has 1 fully saturated rings. The molecule has 4 atom stereocenters. The Balaban J connectivity index is 0.00000169. The highest BCUT2D eigenvalue weighted by molar-refractivity contribution is 5.85. The lowest BCUT2D eigenvalue weighted by Crippen LogP contribution is -2.59. The van der Waals surface area contributed by atoms with E-state index in [9.17, 15) is 10.2 Å². The number of aliphatic hydroxyl groups excluding tert-OH is 4. The van der Waals surface area contributed by atoms with E-state index in [-0.39, 0.29) is 31.6 Å². The maximum absolute atomic E-state index is 9.48. The molecule has 0 spiro atoms. The van der Waals surface area contributed by atoms with E-state index < -0.39 is 18.3 Å². The molecular weight excluding hydrogens is 210 g/mol. The molecule has 6 heteroatoms. The van der Waals surface area contributed by atoms with Gasteiger partial charge in [0, 0.05) is 19.2 Å². The van der Waals surface area contributed by atoms with Gasteiger partial charge >= 0.3 is 0 Å². The van der Waals surface area contributed by atoms with Gasteiger partial charge in [0.15, 0.2) is 0 Å². The van der Waals surface area contributed by atoms with Crippen molar-refractivity contribution in [2.75, 3.05) is 13.2 Å². The van der Waals surface area contributed by atoms with Crippen LogP contribution in [0.1, 0.15) is 12.8 Å². The van der Waals surface area contributed by atoms with Gasteiger partial charge in [0.1, 0.15) is 6.10 Å². The number of nitrogens with one attached hydrogen (secondary N) is 1. The van der Waals surface area contributed by atoms with Crippen LogP contribution in [0.5, 0.6) is 0 Å². The lowest BCUT2D eigenvalue weighted by atomic mass is 9.93. The molecular formula is C8H18ClNO4. The average Bonchev–Trinajstić information content (AvgIpc) is 2.13. The molecule has 0 amide bonds. The van der Waals surface area contributed by atoms with Gasteiger partial charge in [0.2, 0.25) is 0 Å². The van der Waals surface area contributed by atoms with Crippen molar-refractivity contribution in [2.45, 2.75) is 37.2 Å². The smallest absolute Gasteiger partial charge is 0.108 e. The van der Waals surface area contributed by atoms with E-state index in [1.807, 2.05) is 0 Å². The fourth-order valence-corrected chi connectivity index (χ4v) is 1.56. The summed E-state index contributed by atoms with van der Waals surface area (Å²) in [5.41, 5.74) is 0. The second kappa shape index (κ2) is 6.55. The van der Waals surface area contributed by atoms with E-state index in [1.165, 1.54) is 0 Å². The van der Waals surface area contributed by atoms with Crippen LogP contribution in [-0.4, -0.2) is 57.9 Å². The zero-order valence-electron chi connectivity index (χ0n) is 7.83. The third kappa shape index (κ3) is 3.34. The minimum atomic E-state index is -1.08. The number of aliphatic hydroxyl groups is 4. The molecule has 0 bridgehead atoms. The topological polar surface area (TPSA) is 93.0 Å². The highest BCUT2D eigenvalue weighted by atomic mass is 35.5. The van der Waals surface area contributed by atoms with Gasteiger partial charge in [-0.3, -0.25) is 0 Å². The Morgan fingerprint density at radius 2 is 1.79 bits per heavy atom. The van der Waals surface area contributed by atoms with Crippen molar-refractivity contribution < 1.29 is 20.4 Å². The molecule has 1 aliphatic rings. The first-order chi connectivity index (χ1) is 6.16. The van der Waals surface area contributed by atoms with Crippen molar-refractivity contribution in [3.63, 3.8) is 0 Å². The van der Waals surface area contributed by atoms with Crippen LogP contribution in [0.3, 0.4) is 0 Å². The molecule has 14 heavy (non-hydrogen) atoms.